The van der Waals surface area contributed by atoms with Crippen molar-refractivity contribution in [2.75, 3.05) is 18.0 Å². The van der Waals surface area contributed by atoms with Crippen LogP contribution in [0.1, 0.15) is 108 Å². The van der Waals surface area contributed by atoms with E-state index in [0.29, 0.717) is 0 Å². The van der Waals surface area contributed by atoms with E-state index >= 15 is 0 Å². The van der Waals surface area contributed by atoms with E-state index in [1.807, 2.05) is 0 Å². The Balaban J connectivity index is 1.07. The standard InChI is InChI=1S/C49H58N2/c1-3-37-50-43-30-28-39-23-14-16-25-41(39)46(43)48(33-19-11-20-34-48)32-18-10-8-6-5-7-9-13-27-45-49(35-21-12-22-36-49)47-42-26-17-15-24-40(42)29-31-44(47)51(45)38-4-2/h5-10,13-18,23-31,50H,3-4,11-12,19-22,32-38H2,1-2H3/p+1/b7-5+,8-6+,13-9+,18-10+,45-27+. The highest BCUT2D eigenvalue weighted by Crippen LogP contribution is 2.57. The third-order valence-electron chi connectivity index (χ3n) is 12.1. The first-order valence-corrected chi connectivity index (χ1v) is 20.2. The van der Waals surface area contributed by atoms with Gasteiger partial charge < -0.3 is 10.2 Å². The highest BCUT2D eigenvalue weighted by atomic mass is 15.2. The maximum Gasteiger partial charge on any atom is 0.134 e. The summed E-state index contributed by atoms with van der Waals surface area (Å²) in [4.78, 5) is 2.65. The number of allylic oxidation sites excluding steroid dienone is 10. The van der Waals surface area contributed by atoms with Gasteiger partial charge in [-0.2, -0.15) is 0 Å². The number of rotatable bonds is 12. The zero-order chi connectivity index (χ0) is 34.9. The lowest BCUT2D eigenvalue weighted by Crippen LogP contribution is -2.78. The smallest absolute Gasteiger partial charge is 0.134 e. The van der Waals surface area contributed by atoms with Crippen molar-refractivity contribution in [2.24, 2.45) is 0 Å². The van der Waals surface area contributed by atoms with E-state index in [-0.39, 0.29) is 10.8 Å². The number of quaternary nitrogens is 1. The van der Waals surface area contributed by atoms with E-state index in [4.69, 9.17) is 0 Å². The molecule has 51 heavy (non-hydrogen) atoms. The lowest BCUT2D eigenvalue weighted by atomic mass is 9.65. The summed E-state index contributed by atoms with van der Waals surface area (Å²) in [5, 5.41) is 8.16. The first-order chi connectivity index (χ1) is 25.2. The molecule has 4 aromatic carbocycles. The van der Waals surface area contributed by atoms with Crippen LogP contribution < -0.4 is 10.2 Å². The molecule has 2 aliphatic carbocycles. The molecule has 0 atom stereocenters. The molecule has 0 amide bonds. The van der Waals surface area contributed by atoms with Gasteiger partial charge in [-0.15, -0.1) is 0 Å². The van der Waals surface area contributed by atoms with Crippen LogP contribution in [0.5, 0.6) is 0 Å². The largest absolute Gasteiger partial charge is 0.344 e. The molecule has 1 aliphatic heterocycles. The van der Waals surface area contributed by atoms with Gasteiger partial charge in [0, 0.05) is 34.3 Å². The van der Waals surface area contributed by atoms with Crippen LogP contribution in [0, 0.1) is 0 Å². The zero-order valence-electron chi connectivity index (χ0n) is 31.3. The Kier molecular flexibility index (Phi) is 11.4. The predicted octanol–water partition coefficient (Wildman–Crippen LogP) is 12.4. The summed E-state index contributed by atoms with van der Waals surface area (Å²) in [6.45, 7) is 6.80. The molecule has 2 N–H and O–H groups in total. The Labute approximate surface area is 307 Å². The molecule has 264 valence electrons. The Morgan fingerprint density at radius 3 is 1.90 bits per heavy atom. The molecule has 0 radical (unpaired) electrons. The lowest BCUT2D eigenvalue weighted by Gasteiger charge is -2.38. The normalized spacial score (nSPS) is 19.6. The van der Waals surface area contributed by atoms with Crippen molar-refractivity contribution >= 4 is 32.9 Å². The number of hydrogen-bond donors (Lipinski definition) is 1. The van der Waals surface area contributed by atoms with Gasteiger partial charge in [0.15, 0.2) is 0 Å². The van der Waals surface area contributed by atoms with E-state index in [1.165, 1.54) is 109 Å². The minimum absolute atomic E-state index is 0.124. The summed E-state index contributed by atoms with van der Waals surface area (Å²) in [7, 11) is 0. The molecule has 0 bridgehead atoms. The minimum atomic E-state index is 0.124. The third-order valence-corrected chi connectivity index (χ3v) is 12.1. The molecule has 2 nitrogen and oxygen atoms in total. The summed E-state index contributed by atoms with van der Waals surface area (Å²) in [6, 6.07) is 27.6. The molecule has 2 saturated carbocycles. The third kappa shape index (κ3) is 7.18. The van der Waals surface area contributed by atoms with Crippen molar-refractivity contribution in [3.8, 4) is 0 Å². The Morgan fingerprint density at radius 2 is 1.22 bits per heavy atom. The van der Waals surface area contributed by atoms with Crippen LogP contribution in [0.4, 0.5) is 11.4 Å². The molecule has 7 rings (SSSR count). The fourth-order valence-corrected chi connectivity index (χ4v) is 9.85. The number of nitrogens with two attached hydrogens (primary N) is 1. The quantitative estimate of drug-likeness (QED) is 0.117. The molecular weight excluding hydrogens is 617 g/mol. The Bertz CT molecular complexity index is 1940. The second kappa shape index (κ2) is 16.5. The summed E-state index contributed by atoms with van der Waals surface area (Å²) in [5.41, 5.74) is 7.94. The highest BCUT2D eigenvalue weighted by Gasteiger charge is 2.48. The number of hydrogen-bond acceptors (Lipinski definition) is 1. The summed E-state index contributed by atoms with van der Waals surface area (Å²) in [6.07, 6.45) is 36.9. The topological polar surface area (TPSA) is 19.9 Å². The van der Waals surface area contributed by atoms with Crippen LogP contribution in [0.15, 0.2) is 133 Å². The van der Waals surface area contributed by atoms with Gasteiger partial charge in [0.1, 0.15) is 5.69 Å². The maximum absolute atomic E-state index is 2.65. The summed E-state index contributed by atoms with van der Waals surface area (Å²) < 4.78 is 0. The van der Waals surface area contributed by atoms with Crippen molar-refractivity contribution < 1.29 is 5.32 Å². The van der Waals surface area contributed by atoms with Gasteiger partial charge in [0.25, 0.3) is 0 Å². The first kappa shape index (κ1) is 35.3. The van der Waals surface area contributed by atoms with Crippen LogP contribution in [0.3, 0.4) is 0 Å². The van der Waals surface area contributed by atoms with Crippen molar-refractivity contribution in [1.82, 2.24) is 0 Å². The van der Waals surface area contributed by atoms with E-state index < -0.39 is 0 Å². The number of benzene rings is 4. The van der Waals surface area contributed by atoms with Crippen LogP contribution >= 0.6 is 0 Å². The van der Waals surface area contributed by atoms with E-state index in [1.54, 1.807) is 11.1 Å². The van der Waals surface area contributed by atoms with Crippen molar-refractivity contribution in [1.29, 1.82) is 0 Å². The van der Waals surface area contributed by atoms with Crippen LogP contribution in [-0.2, 0) is 10.8 Å². The first-order valence-electron chi connectivity index (χ1n) is 20.2. The van der Waals surface area contributed by atoms with Gasteiger partial charge in [-0.25, -0.2) is 0 Å². The van der Waals surface area contributed by atoms with Gasteiger partial charge in [-0.1, -0.05) is 156 Å². The minimum Gasteiger partial charge on any atom is -0.344 e. The summed E-state index contributed by atoms with van der Waals surface area (Å²) >= 11 is 0. The van der Waals surface area contributed by atoms with Crippen molar-refractivity contribution in [2.45, 2.75) is 108 Å². The van der Waals surface area contributed by atoms with Crippen molar-refractivity contribution in [3.05, 3.63) is 144 Å². The molecule has 2 heteroatoms. The molecular formula is C49H59N2+. The molecule has 0 unspecified atom stereocenters. The second-order valence-corrected chi connectivity index (χ2v) is 15.4. The maximum atomic E-state index is 2.65. The number of nitrogens with zero attached hydrogens (tertiary/aromatic N) is 1. The lowest BCUT2D eigenvalue weighted by molar-refractivity contribution is -0.572. The fraction of sp³-hybridized carbons (Fsp3) is 0.388. The molecule has 2 fully saturated rings. The van der Waals surface area contributed by atoms with Crippen LogP contribution in [0.25, 0.3) is 21.5 Å². The van der Waals surface area contributed by atoms with Gasteiger partial charge >= 0.3 is 0 Å². The fourth-order valence-electron chi connectivity index (χ4n) is 9.85. The Morgan fingerprint density at radius 1 is 0.608 bits per heavy atom. The zero-order valence-corrected chi connectivity index (χ0v) is 31.3. The predicted molar refractivity (Wildman–Crippen MR) is 221 cm³/mol. The monoisotopic (exact) mass is 675 g/mol. The molecule has 0 saturated heterocycles. The van der Waals surface area contributed by atoms with E-state index in [2.05, 4.69) is 152 Å². The number of anilines is 1. The van der Waals surface area contributed by atoms with Gasteiger partial charge in [0.05, 0.1) is 6.54 Å². The van der Waals surface area contributed by atoms with Gasteiger partial charge in [-0.3, -0.25) is 0 Å². The van der Waals surface area contributed by atoms with Crippen LogP contribution in [0.2, 0.25) is 0 Å². The van der Waals surface area contributed by atoms with Crippen LogP contribution in [-0.4, -0.2) is 13.1 Å². The van der Waals surface area contributed by atoms with Crippen molar-refractivity contribution in [3.63, 3.8) is 0 Å². The SMILES string of the molecule is CCC[NH2+]c1ccc2ccccc2c1C1(C/C=C/C=C/C=C/C=C/C=C2/N(CCC)c3ccc4ccccc4c3C23CCCCC3)CCCCC1. The average Bonchev–Trinajstić information content (AvgIpc) is 3.42. The summed E-state index contributed by atoms with van der Waals surface area (Å²) in [5.74, 6) is 0. The Hall–Kier alpha value is -4.14. The average molecular weight is 676 g/mol. The molecule has 1 spiro atoms. The van der Waals surface area contributed by atoms with E-state index in [0.717, 1.165) is 25.9 Å². The molecule has 1 heterocycles. The second-order valence-electron chi connectivity index (χ2n) is 15.4. The van der Waals surface area contributed by atoms with E-state index in [9.17, 15) is 0 Å². The molecule has 0 aromatic heterocycles. The molecule has 3 aliphatic rings. The molecule has 4 aromatic rings. The highest BCUT2D eigenvalue weighted by molar-refractivity contribution is 5.95. The number of fused-ring (bicyclic) bond motifs is 5. The van der Waals surface area contributed by atoms with Gasteiger partial charge in [-0.05, 0) is 96.3 Å². The van der Waals surface area contributed by atoms with Gasteiger partial charge in [0.2, 0.25) is 0 Å².